The highest BCUT2D eigenvalue weighted by Gasteiger charge is 2.16. The number of amides is 1. The molecule has 104 valence electrons. The van der Waals surface area contributed by atoms with Crippen molar-refractivity contribution in [3.63, 3.8) is 0 Å². The van der Waals surface area contributed by atoms with Gasteiger partial charge in [0.05, 0.1) is 0 Å². The molecule has 1 fully saturated rings. The lowest BCUT2D eigenvalue weighted by Crippen LogP contribution is -2.33. The van der Waals surface area contributed by atoms with Gasteiger partial charge >= 0.3 is 0 Å². The fourth-order valence-corrected chi connectivity index (χ4v) is 2.48. The molecule has 1 amide bonds. The first kappa shape index (κ1) is 13.9. The van der Waals surface area contributed by atoms with E-state index >= 15 is 0 Å². The number of carbonyl (C=O) groups excluding carboxylic acids is 1. The van der Waals surface area contributed by atoms with Crippen molar-refractivity contribution in [2.45, 2.75) is 26.3 Å². The summed E-state index contributed by atoms with van der Waals surface area (Å²) in [5.41, 5.74) is 8.23. The van der Waals surface area contributed by atoms with Gasteiger partial charge in [0.2, 0.25) is 5.91 Å². The molecule has 1 saturated heterocycles. The molecule has 2 N–H and O–H groups in total. The number of benzene rings is 1. The average Bonchev–Trinajstić information content (AvgIpc) is 2.64. The average molecular weight is 261 g/mol. The number of rotatable bonds is 2. The minimum atomic E-state index is 0.0754. The molecule has 0 aromatic heterocycles. The van der Waals surface area contributed by atoms with E-state index in [1.807, 2.05) is 11.8 Å². The summed E-state index contributed by atoms with van der Waals surface area (Å²) in [6.07, 6.45) is 1.02. The minimum Gasteiger partial charge on any atom is -0.370 e. The number of nitrogens with zero attached hydrogens (tertiary/aromatic N) is 2. The minimum absolute atomic E-state index is 0.0754. The summed E-state index contributed by atoms with van der Waals surface area (Å²) in [5.74, 6) is 0.175. The fourth-order valence-electron chi connectivity index (χ4n) is 2.48. The van der Waals surface area contributed by atoms with Crippen LogP contribution in [0.2, 0.25) is 0 Å². The number of hydrogen-bond donors (Lipinski definition) is 1. The SMILES string of the molecule is CC(=O)N1CCCN(c2ccc([C@H](C)N)cc2)CC1. The van der Waals surface area contributed by atoms with Crippen LogP contribution in [0.3, 0.4) is 0 Å². The summed E-state index contributed by atoms with van der Waals surface area (Å²) < 4.78 is 0. The Labute approximate surface area is 115 Å². The molecule has 0 bridgehead atoms. The molecule has 0 radical (unpaired) electrons. The number of hydrogen-bond acceptors (Lipinski definition) is 3. The third-order valence-electron chi connectivity index (χ3n) is 3.73. The van der Waals surface area contributed by atoms with Crippen LogP contribution in [0.4, 0.5) is 5.69 Å². The lowest BCUT2D eigenvalue weighted by molar-refractivity contribution is -0.128. The van der Waals surface area contributed by atoms with Gasteiger partial charge in [-0.1, -0.05) is 12.1 Å². The normalized spacial score (nSPS) is 18.1. The smallest absolute Gasteiger partial charge is 0.219 e. The Hall–Kier alpha value is -1.55. The molecule has 0 spiro atoms. The van der Waals surface area contributed by atoms with Gasteiger partial charge in [-0.05, 0) is 31.0 Å². The van der Waals surface area contributed by atoms with Gasteiger partial charge < -0.3 is 15.5 Å². The van der Waals surface area contributed by atoms with Crippen molar-refractivity contribution in [1.82, 2.24) is 4.90 Å². The van der Waals surface area contributed by atoms with Crippen molar-refractivity contribution < 1.29 is 4.79 Å². The topological polar surface area (TPSA) is 49.6 Å². The van der Waals surface area contributed by atoms with Gasteiger partial charge in [-0.25, -0.2) is 0 Å². The van der Waals surface area contributed by atoms with Crippen LogP contribution in [-0.2, 0) is 4.79 Å². The molecule has 1 atom stereocenters. The molecule has 0 unspecified atom stereocenters. The lowest BCUT2D eigenvalue weighted by Gasteiger charge is -2.23. The Bertz CT molecular complexity index is 428. The lowest BCUT2D eigenvalue weighted by atomic mass is 10.1. The van der Waals surface area contributed by atoms with Crippen molar-refractivity contribution in [3.05, 3.63) is 29.8 Å². The second-order valence-corrected chi connectivity index (χ2v) is 5.23. The van der Waals surface area contributed by atoms with Crippen LogP contribution in [0.5, 0.6) is 0 Å². The second-order valence-electron chi connectivity index (χ2n) is 5.23. The maximum absolute atomic E-state index is 11.4. The summed E-state index contributed by atoms with van der Waals surface area (Å²) >= 11 is 0. The molecule has 1 aromatic rings. The quantitative estimate of drug-likeness (QED) is 0.882. The van der Waals surface area contributed by atoms with E-state index in [2.05, 4.69) is 29.2 Å². The molecular formula is C15H23N3O. The van der Waals surface area contributed by atoms with Gasteiger partial charge in [0, 0.05) is 44.8 Å². The van der Waals surface area contributed by atoms with Crippen molar-refractivity contribution in [2.75, 3.05) is 31.1 Å². The van der Waals surface area contributed by atoms with E-state index in [0.29, 0.717) is 0 Å². The van der Waals surface area contributed by atoms with Crippen LogP contribution in [0.25, 0.3) is 0 Å². The monoisotopic (exact) mass is 261 g/mol. The summed E-state index contributed by atoms with van der Waals surface area (Å²) in [6, 6.07) is 8.51. The van der Waals surface area contributed by atoms with Crippen molar-refractivity contribution in [2.24, 2.45) is 5.73 Å². The number of carbonyl (C=O) groups is 1. The van der Waals surface area contributed by atoms with Gasteiger partial charge in [0.15, 0.2) is 0 Å². The summed E-state index contributed by atoms with van der Waals surface area (Å²) in [4.78, 5) is 15.7. The predicted molar refractivity (Wildman–Crippen MR) is 78.1 cm³/mol. The van der Waals surface area contributed by atoms with E-state index in [4.69, 9.17) is 5.73 Å². The first-order valence-corrected chi connectivity index (χ1v) is 6.94. The van der Waals surface area contributed by atoms with Crippen LogP contribution in [-0.4, -0.2) is 37.0 Å². The second kappa shape index (κ2) is 6.06. The number of nitrogens with two attached hydrogens (primary N) is 1. The Morgan fingerprint density at radius 2 is 1.84 bits per heavy atom. The van der Waals surface area contributed by atoms with Crippen LogP contribution < -0.4 is 10.6 Å². The molecule has 1 aromatic carbocycles. The molecule has 4 nitrogen and oxygen atoms in total. The summed E-state index contributed by atoms with van der Waals surface area (Å²) in [5, 5.41) is 0. The zero-order valence-corrected chi connectivity index (χ0v) is 11.8. The molecule has 0 aliphatic carbocycles. The van der Waals surface area contributed by atoms with Crippen LogP contribution in [0.15, 0.2) is 24.3 Å². The molecule has 1 aliphatic heterocycles. The Kier molecular flexibility index (Phi) is 4.43. The maximum atomic E-state index is 11.4. The van der Waals surface area contributed by atoms with E-state index in [0.717, 1.165) is 38.2 Å². The van der Waals surface area contributed by atoms with E-state index in [1.54, 1.807) is 6.92 Å². The third kappa shape index (κ3) is 3.47. The van der Waals surface area contributed by atoms with E-state index < -0.39 is 0 Å². The van der Waals surface area contributed by atoms with Crippen LogP contribution >= 0.6 is 0 Å². The molecule has 19 heavy (non-hydrogen) atoms. The predicted octanol–water partition coefficient (Wildman–Crippen LogP) is 1.76. The largest absolute Gasteiger partial charge is 0.370 e. The van der Waals surface area contributed by atoms with Gasteiger partial charge in [0.25, 0.3) is 0 Å². The van der Waals surface area contributed by atoms with Gasteiger partial charge in [-0.15, -0.1) is 0 Å². The highest BCUT2D eigenvalue weighted by atomic mass is 16.2. The molecule has 1 heterocycles. The Morgan fingerprint density at radius 3 is 2.42 bits per heavy atom. The maximum Gasteiger partial charge on any atom is 0.219 e. The fraction of sp³-hybridized carbons (Fsp3) is 0.533. The van der Waals surface area contributed by atoms with Crippen LogP contribution in [0, 0.1) is 0 Å². The van der Waals surface area contributed by atoms with E-state index in [9.17, 15) is 4.79 Å². The van der Waals surface area contributed by atoms with Crippen molar-refractivity contribution in [3.8, 4) is 0 Å². The highest BCUT2D eigenvalue weighted by molar-refractivity contribution is 5.73. The molecular weight excluding hydrogens is 238 g/mol. The standard InChI is InChI=1S/C15H23N3O/c1-12(16)14-4-6-15(7-5-14)18-9-3-8-17(10-11-18)13(2)19/h4-7,12H,3,8-11,16H2,1-2H3/t12-/m0/s1. The van der Waals surface area contributed by atoms with Gasteiger partial charge in [-0.2, -0.15) is 0 Å². The Balaban J connectivity index is 2.03. The first-order valence-electron chi connectivity index (χ1n) is 6.94. The third-order valence-corrected chi connectivity index (χ3v) is 3.73. The zero-order chi connectivity index (χ0) is 13.8. The Morgan fingerprint density at radius 1 is 1.16 bits per heavy atom. The summed E-state index contributed by atoms with van der Waals surface area (Å²) in [7, 11) is 0. The molecule has 4 heteroatoms. The molecule has 1 aliphatic rings. The van der Waals surface area contributed by atoms with Crippen molar-refractivity contribution in [1.29, 1.82) is 0 Å². The highest BCUT2D eigenvalue weighted by Crippen LogP contribution is 2.19. The van der Waals surface area contributed by atoms with Gasteiger partial charge in [-0.3, -0.25) is 4.79 Å². The number of anilines is 1. The first-order chi connectivity index (χ1) is 9.08. The van der Waals surface area contributed by atoms with Crippen LogP contribution in [0.1, 0.15) is 31.9 Å². The van der Waals surface area contributed by atoms with Gasteiger partial charge in [0.1, 0.15) is 0 Å². The summed E-state index contributed by atoms with van der Waals surface area (Å²) in [6.45, 7) is 7.21. The molecule has 0 saturated carbocycles. The molecule has 2 rings (SSSR count). The van der Waals surface area contributed by atoms with Crippen molar-refractivity contribution >= 4 is 11.6 Å². The van der Waals surface area contributed by atoms with E-state index in [1.165, 1.54) is 5.69 Å². The zero-order valence-electron chi connectivity index (χ0n) is 11.8. The van der Waals surface area contributed by atoms with E-state index in [-0.39, 0.29) is 11.9 Å².